The van der Waals surface area contributed by atoms with Gasteiger partial charge in [0.2, 0.25) is 5.91 Å². The van der Waals surface area contributed by atoms with E-state index in [1.807, 2.05) is 6.07 Å². The minimum Gasteiger partial charge on any atom is -0.324 e. The van der Waals surface area contributed by atoms with Gasteiger partial charge < -0.3 is 5.32 Å². The lowest BCUT2D eigenvalue weighted by Crippen LogP contribution is -2.21. The van der Waals surface area contributed by atoms with Crippen molar-refractivity contribution in [2.24, 2.45) is 0 Å². The molecule has 2 rings (SSSR count). The molecular weight excluding hydrogens is 274 g/mol. The van der Waals surface area contributed by atoms with Gasteiger partial charge in [-0.2, -0.15) is 0 Å². The fraction of sp³-hybridized carbons (Fsp3) is 0.125. The Morgan fingerprint density at radius 3 is 2.25 bits per heavy atom. The molecule has 1 atom stereocenters. The van der Waals surface area contributed by atoms with Crippen LogP contribution in [-0.4, -0.2) is 17.1 Å². The number of rotatable bonds is 4. The van der Waals surface area contributed by atoms with E-state index in [1.165, 1.54) is 0 Å². The second-order valence-electron chi connectivity index (χ2n) is 4.35. The normalized spacial score (nSPS) is 11.7. The quantitative estimate of drug-likeness (QED) is 0.691. The van der Waals surface area contributed by atoms with Crippen LogP contribution in [0.15, 0.2) is 54.6 Å². The van der Waals surface area contributed by atoms with Crippen molar-refractivity contribution in [2.45, 2.75) is 12.3 Å². The molecule has 3 nitrogen and oxygen atoms in total. The highest BCUT2D eigenvalue weighted by Gasteiger charge is 2.16. The summed E-state index contributed by atoms with van der Waals surface area (Å²) in [5, 5.41) is 2.01. The Morgan fingerprint density at radius 1 is 1.00 bits per heavy atom. The molecule has 0 aliphatic heterocycles. The molecule has 102 valence electrons. The van der Waals surface area contributed by atoms with Gasteiger partial charge in [-0.05, 0) is 19.1 Å². The summed E-state index contributed by atoms with van der Waals surface area (Å²) >= 11 is 5.73. The fourth-order valence-electron chi connectivity index (χ4n) is 1.77. The Labute approximate surface area is 122 Å². The standard InChI is InChI=1S/C16H14ClNO2/c1-11(17)16(20)18-14-10-6-5-9-13(14)15(19)12-7-3-2-4-8-12/h2-11H,1H3,(H,18,20)/t11-/m1/s1. The first-order valence-corrected chi connectivity index (χ1v) is 6.67. The van der Waals surface area contributed by atoms with Gasteiger partial charge >= 0.3 is 0 Å². The number of ketones is 1. The van der Waals surface area contributed by atoms with Crippen molar-refractivity contribution in [3.63, 3.8) is 0 Å². The van der Waals surface area contributed by atoms with Crippen LogP contribution >= 0.6 is 11.6 Å². The van der Waals surface area contributed by atoms with Crippen LogP contribution in [0.3, 0.4) is 0 Å². The SMILES string of the molecule is C[C@@H](Cl)C(=O)Nc1ccccc1C(=O)c1ccccc1. The van der Waals surface area contributed by atoms with E-state index in [2.05, 4.69) is 5.32 Å². The average Bonchev–Trinajstić information content (AvgIpc) is 2.48. The molecule has 0 spiro atoms. The van der Waals surface area contributed by atoms with Gasteiger partial charge in [0, 0.05) is 11.1 Å². The van der Waals surface area contributed by atoms with Gasteiger partial charge in [0.15, 0.2) is 5.78 Å². The first-order valence-electron chi connectivity index (χ1n) is 6.23. The van der Waals surface area contributed by atoms with E-state index < -0.39 is 5.38 Å². The highest BCUT2D eigenvalue weighted by atomic mass is 35.5. The Bertz CT molecular complexity index is 623. The van der Waals surface area contributed by atoms with Crippen LogP contribution in [0.25, 0.3) is 0 Å². The van der Waals surface area contributed by atoms with Crippen molar-refractivity contribution in [2.75, 3.05) is 5.32 Å². The maximum Gasteiger partial charge on any atom is 0.242 e. The summed E-state index contributed by atoms with van der Waals surface area (Å²) in [6, 6.07) is 15.8. The lowest BCUT2D eigenvalue weighted by molar-refractivity contribution is -0.115. The number of halogens is 1. The number of hydrogen-bond acceptors (Lipinski definition) is 2. The van der Waals surface area contributed by atoms with E-state index in [1.54, 1.807) is 55.5 Å². The molecule has 0 saturated heterocycles. The van der Waals surface area contributed by atoms with E-state index in [0.717, 1.165) is 0 Å². The number of nitrogens with one attached hydrogen (secondary N) is 1. The zero-order valence-electron chi connectivity index (χ0n) is 11.0. The van der Waals surface area contributed by atoms with Gasteiger partial charge in [-0.3, -0.25) is 9.59 Å². The van der Waals surface area contributed by atoms with Gasteiger partial charge in [-0.15, -0.1) is 11.6 Å². The van der Waals surface area contributed by atoms with Crippen LogP contribution in [0.2, 0.25) is 0 Å². The highest BCUT2D eigenvalue weighted by molar-refractivity contribution is 6.32. The van der Waals surface area contributed by atoms with Crippen molar-refractivity contribution in [1.29, 1.82) is 0 Å². The summed E-state index contributed by atoms with van der Waals surface area (Å²) in [6.45, 7) is 1.58. The van der Waals surface area contributed by atoms with Crippen LogP contribution in [-0.2, 0) is 4.79 Å². The highest BCUT2D eigenvalue weighted by Crippen LogP contribution is 2.19. The summed E-state index contributed by atoms with van der Waals surface area (Å²) in [7, 11) is 0. The van der Waals surface area contributed by atoms with Crippen LogP contribution in [0.5, 0.6) is 0 Å². The van der Waals surface area contributed by atoms with Crippen molar-refractivity contribution < 1.29 is 9.59 Å². The van der Waals surface area contributed by atoms with Gasteiger partial charge in [0.25, 0.3) is 0 Å². The zero-order chi connectivity index (χ0) is 14.5. The van der Waals surface area contributed by atoms with E-state index >= 15 is 0 Å². The van der Waals surface area contributed by atoms with Gasteiger partial charge in [0.1, 0.15) is 5.38 Å². The molecule has 1 N–H and O–H groups in total. The number of amides is 1. The number of carbonyl (C=O) groups excluding carboxylic acids is 2. The second kappa shape index (κ2) is 6.35. The number of carbonyl (C=O) groups is 2. The van der Waals surface area contributed by atoms with Crippen LogP contribution in [0, 0.1) is 0 Å². The molecule has 0 radical (unpaired) electrons. The van der Waals surface area contributed by atoms with Crippen LogP contribution in [0.4, 0.5) is 5.69 Å². The van der Waals surface area contributed by atoms with Crippen LogP contribution < -0.4 is 5.32 Å². The summed E-state index contributed by atoms with van der Waals surface area (Å²) in [4.78, 5) is 24.1. The van der Waals surface area contributed by atoms with Crippen molar-refractivity contribution in [3.8, 4) is 0 Å². The Balaban J connectivity index is 2.33. The fourth-order valence-corrected chi connectivity index (χ4v) is 1.82. The first-order chi connectivity index (χ1) is 9.59. The molecule has 0 fully saturated rings. The second-order valence-corrected chi connectivity index (χ2v) is 5.00. The molecule has 4 heteroatoms. The Hall–Kier alpha value is -2.13. The third kappa shape index (κ3) is 3.25. The molecule has 2 aromatic carbocycles. The largest absolute Gasteiger partial charge is 0.324 e. The predicted octanol–water partition coefficient (Wildman–Crippen LogP) is 3.48. The van der Waals surface area contributed by atoms with E-state index in [0.29, 0.717) is 16.8 Å². The smallest absolute Gasteiger partial charge is 0.242 e. The molecule has 20 heavy (non-hydrogen) atoms. The third-order valence-electron chi connectivity index (χ3n) is 2.83. The van der Waals surface area contributed by atoms with Crippen molar-refractivity contribution in [3.05, 3.63) is 65.7 Å². The van der Waals surface area contributed by atoms with Crippen molar-refractivity contribution in [1.82, 2.24) is 0 Å². The molecule has 0 aromatic heterocycles. The van der Waals surface area contributed by atoms with Gasteiger partial charge in [0.05, 0.1) is 5.69 Å². The van der Waals surface area contributed by atoms with E-state index in [9.17, 15) is 9.59 Å². The van der Waals surface area contributed by atoms with Crippen LogP contribution in [0.1, 0.15) is 22.8 Å². The molecule has 0 aliphatic rings. The lowest BCUT2D eigenvalue weighted by atomic mass is 10.0. The van der Waals surface area contributed by atoms with E-state index in [-0.39, 0.29) is 11.7 Å². The maximum absolute atomic E-state index is 12.4. The number of alkyl halides is 1. The molecule has 0 saturated carbocycles. The number of benzene rings is 2. The predicted molar refractivity (Wildman–Crippen MR) is 80.3 cm³/mol. The monoisotopic (exact) mass is 287 g/mol. The van der Waals surface area contributed by atoms with E-state index in [4.69, 9.17) is 11.6 Å². The number of hydrogen-bond donors (Lipinski definition) is 1. The molecule has 0 unspecified atom stereocenters. The zero-order valence-corrected chi connectivity index (χ0v) is 11.7. The number of para-hydroxylation sites is 1. The topological polar surface area (TPSA) is 46.2 Å². The molecule has 2 aromatic rings. The summed E-state index contributed by atoms with van der Waals surface area (Å²) in [5.74, 6) is -0.469. The summed E-state index contributed by atoms with van der Waals surface area (Å²) < 4.78 is 0. The molecular formula is C16H14ClNO2. The first kappa shape index (κ1) is 14.3. The minimum atomic E-state index is -0.658. The minimum absolute atomic E-state index is 0.135. The number of anilines is 1. The Kier molecular flexibility index (Phi) is 4.53. The Morgan fingerprint density at radius 2 is 1.60 bits per heavy atom. The summed E-state index contributed by atoms with van der Waals surface area (Å²) in [6.07, 6.45) is 0. The lowest BCUT2D eigenvalue weighted by Gasteiger charge is -2.11. The maximum atomic E-state index is 12.4. The van der Waals surface area contributed by atoms with Crippen molar-refractivity contribution >= 4 is 29.0 Å². The molecule has 1 amide bonds. The van der Waals surface area contributed by atoms with Gasteiger partial charge in [-0.1, -0.05) is 42.5 Å². The molecule has 0 bridgehead atoms. The average molecular weight is 288 g/mol. The van der Waals surface area contributed by atoms with Gasteiger partial charge in [-0.25, -0.2) is 0 Å². The summed E-state index contributed by atoms with van der Waals surface area (Å²) in [5.41, 5.74) is 1.50. The molecule has 0 aliphatic carbocycles. The third-order valence-corrected chi connectivity index (χ3v) is 3.03. The molecule has 0 heterocycles.